The molecule has 2 aromatic carbocycles. The van der Waals surface area contributed by atoms with Gasteiger partial charge in [0.1, 0.15) is 0 Å². The van der Waals surface area contributed by atoms with Gasteiger partial charge in [-0.05, 0) is 0 Å². The number of hydrogen-bond acceptors (Lipinski definition) is 6. The molecule has 0 heterocycles. The third-order valence-electron chi connectivity index (χ3n) is 3.38. The first-order valence-electron chi connectivity index (χ1n) is 8.62. The van der Waals surface area contributed by atoms with Crippen molar-refractivity contribution in [3.8, 4) is 0 Å². The van der Waals surface area contributed by atoms with E-state index in [4.69, 9.17) is 6.15 Å². The van der Waals surface area contributed by atoms with E-state index in [0.717, 1.165) is 11.5 Å². The standard InChI is InChI=1S/2C9H10O2S.2CH3.Sn/c2*10-9(11)7-12-6-8-4-2-1-3-5-8;;;/h2*1-5H,6-7H2,(H,10,11);2*1H3;/q;;;;+2/p-2. The molecule has 0 aromatic heterocycles. The molecule has 2 rings (SSSR count). The molecular weight excluding hydrogens is 487 g/mol. The molecule has 0 fully saturated rings. The molecule has 0 spiro atoms. The minimum atomic E-state index is -3.60. The molecule has 2 aromatic rings. The van der Waals surface area contributed by atoms with Crippen molar-refractivity contribution in [1.29, 1.82) is 0 Å². The topological polar surface area (TPSA) is 52.6 Å². The third-order valence-corrected chi connectivity index (χ3v) is 9.44. The van der Waals surface area contributed by atoms with Gasteiger partial charge in [0.05, 0.1) is 0 Å². The summed E-state index contributed by atoms with van der Waals surface area (Å²) >= 11 is -0.605. The molecule has 0 aliphatic heterocycles. The maximum absolute atomic E-state index is 12.0. The number of thioether (sulfide) groups is 2. The third kappa shape index (κ3) is 9.58. The summed E-state index contributed by atoms with van der Waals surface area (Å²) in [6.07, 6.45) is 0. The van der Waals surface area contributed by atoms with Crippen molar-refractivity contribution in [3.05, 3.63) is 71.8 Å². The molecule has 0 saturated heterocycles. The summed E-state index contributed by atoms with van der Waals surface area (Å²) in [6.45, 7) is 0. The van der Waals surface area contributed by atoms with Gasteiger partial charge in [-0.3, -0.25) is 0 Å². The van der Waals surface area contributed by atoms with E-state index in [1.165, 1.54) is 34.7 Å². The van der Waals surface area contributed by atoms with Crippen LogP contribution in [-0.4, -0.2) is 42.6 Å². The van der Waals surface area contributed by atoms with Crippen LogP contribution in [0.3, 0.4) is 0 Å². The van der Waals surface area contributed by atoms with E-state index in [1.807, 2.05) is 60.7 Å². The van der Waals surface area contributed by atoms with E-state index in [-0.39, 0.29) is 23.4 Å². The second-order valence-electron chi connectivity index (χ2n) is 6.30. The molecule has 0 atom stereocenters. The van der Waals surface area contributed by atoms with Crippen LogP contribution >= 0.6 is 23.5 Å². The Morgan fingerprint density at radius 2 is 1.11 bits per heavy atom. The van der Waals surface area contributed by atoms with Crippen LogP contribution in [0.25, 0.3) is 0 Å². The first-order valence-corrected chi connectivity index (χ1v) is 19.0. The van der Waals surface area contributed by atoms with E-state index in [1.54, 1.807) is 9.88 Å². The van der Waals surface area contributed by atoms with Gasteiger partial charge in [0, 0.05) is 0 Å². The number of benzene rings is 2. The van der Waals surface area contributed by atoms with Crippen LogP contribution in [0, 0.1) is 0 Å². The van der Waals surface area contributed by atoms with E-state index < -0.39 is 19.2 Å². The van der Waals surface area contributed by atoms with E-state index in [0.29, 0.717) is 0 Å². The molecule has 0 aliphatic carbocycles. The molecule has 4 nitrogen and oxygen atoms in total. The maximum atomic E-state index is 12.0. The quantitative estimate of drug-likeness (QED) is 0.434. The van der Waals surface area contributed by atoms with Gasteiger partial charge in [-0.2, -0.15) is 0 Å². The van der Waals surface area contributed by atoms with Crippen molar-refractivity contribution in [1.82, 2.24) is 0 Å². The molecule has 0 radical (unpaired) electrons. The van der Waals surface area contributed by atoms with Crippen molar-refractivity contribution in [3.63, 3.8) is 0 Å². The molecule has 27 heavy (non-hydrogen) atoms. The summed E-state index contributed by atoms with van der Waals surface area (Å²) in [5.41, 5.74) is 2.33. The molecule has 0 N–H and O–H groups in total. The van der Waals surface area contributed by atoms with Crippen LogP contribution in [0.5, 0.6) is 0 Å². The molecule has 144 valence electrons. The van der Waals surface area contributed by atoms with E-state index in [9.17, 15) is 9.59 Å². The van der Waals surface area contributed by atoms with Crippen LogP contribution in [0.15, 0.2) is 60.7 Å². The van der Waals surface area contributed by atoms with Crippen LogP contribution in [0.1, 0.15) is 11.1 Å². The molecule has 0 aliphatic rings. The van der Waals surface area contributed by atoms with Crippen molar-refractivity contribution in [2.24, 2.45) is 0 Å². The Morgan fingerprint density at radius 1 is 0.741 bits per heavy atom. The fourth-order valence-corrected chi connectivity index (χ4v) is 8.05. The van der Waals surface area contributed by atoms with Crippen LogP contribution in [0.4, 0.5) is 0 Å². The second-order valence-corrected chi connectivity index (χ2v) is 17.4. The monoisotopic (exact) mass is 512 g/mol. The Kier molecular flexibility index (Phi) is 9.58. The van der Waals surface area contributed by atoms with E-state index in [2.05, 4.69) is 0 Å². The van der Waals surface area contributed by atoms with Crippen molar-refractivity contribution < 1.29 is 15.7 Å². The molecule has 7 heteroatoms. The zero-order valence-electron chi connectivity index (χ0n) is 15.6. The Balaban J connectivity index is 1.65. The number of carbonyl (C=O) groups is 2. The minimum absolute atomic E-state index is 0.259. The van der Waals surface area contributed by atoms with Gasteiger partial charge < -0.3 is 0 Å². The Hall–Kier alpha value is -1.12. The van der Waals surface area contributed by atoms with Gasteiger partial charge >= 0.3 is 175 Å². The zero-order valence-corrected chi connectivity index (χ0v) is 20.0. The summed E-state index contributed by atoms with van der Waals surface area (Å²) in [4.78, 5) is 27.7. The Bertz CT molecular complexity index is 662. The van der Waals surface area contributed by atoms with Crippen molar-refractivity contribution in [2.75, 3.05) is 11.5 Å². The van der Waals surface area contributed by atoms with Crippen LogP contribution in [0.2, 0.25) is 9.88 Å². The zero-order chi connectivity index (χ0) is 19.5. The number of carbonyl (C=O) groups excluding carboxylic acids is 2. The van der Waals surface area contributed by atoms with Gasteiger partial charge in [-0.25, -0.2) is 0 Å². The SMILES string of the molecule is [CH3][Sn]([CH3])([O]C(=O)CSCc1ccccc1)[O]C(=O)CSCc1ccccc1. The molecule has 0 saturated carbocycles. The first-order chi connectivity index (χ1) is 12.9. The molecule has 0 bridgehead atoms. The molecule has 0 unspecified atom stereocenters. The summed E-state index contributed by atoms with van der Waals surface area (Å²) in [7, 11) is 0. The van der Waals surface area contributed by atoms with Crippen molar-refractivity contribution in [2.45, 2.75) is 21.4 Å². The summed E-state index contributed by atoms with van der Waals surface area (Å²) in [5.74, 6) is 1.41. The average molecular weight is 511 g/mol. The fraction of sp³-hybridized carbons (Fsp3) is 0.300. The molecular formula is C20H24O4S2Sn. The molecule has 0 amide bonds. The van der Waals surface area contributed by atoms with E-state index >= 15 is 0 Å². The van der Waals surface area contributed by atoms with Gasteiger partial charge in [-0.15, -0.1) is 0 Å². The van der Waals surface area contributed by atoms with Crippen LogP contribution < -0.4 is 0 Å². The predicted octanol–water partition coefficient (Wildman–Crippen LogP) is 4.64. The van der Waals surface area contributed by atoms with Gasteiger partial charge in [0.25, 0.3) is 0 Å². The Morgan fingerprint density at radius 3 is 1.48 bits per heavy atom. The Labute approximate surface area is 174 Å². The fourth-order valence-electron chi connectivity index (χ4n) is 2.28. The van der Waals surface area contributed by atoms with Gasteiger partial charge in [0.15, 0.2) is 0 Å². The van der Waals surface area contributed by atoms with Gasteiger partial charge in [0.2, 0.25) is 0 Å². The van der Waals surface area contributed by atoms with Crippen molar-refractivity contribution >= 4 is 54.7 Å². The van der Waals surface area contributed by atoms with Gasteiger partial charge in [-0.1, -0.05) is 0 Å². The number of rotatable bonds is 10. The normalized spacial score (nSPS) is 11.0. The summed E-state index contributed by atoms with van der Waals surface area (Å²) < 4.78 is 11.0. The number of hydrogen-bond donors (Lipinski definition) is 0. The second kappa shape index (κ2) is 11.7. The summed E-state index contributed by atoms with van der Waals surface area (Å²) in [5, 5.41) is 0. The average Bonchev–Trinajstić information content (AvgIpc) is 2.62. The van der Waals surface area contributed by atoms with Crippen LogP contribution in [-0.2, 0) is 27.2 Å². The first kappa shape index (κ1) is 22.2. The summed E-state index contributed by atoms with van der Waals surface area (Å²) in [6, 6.07) is 19.9. The predicted molar refractivity (Wildman–Crippen MR) is 115 cm³/mol.